The van der Waals surface area contributed by atoms with Crippen LogP contribution in [0.2, 0.25) is 5.02 Å². The Kier molecular flexibility index (Phi) is 5.09. The highest BCUT2D eigenvalue weighted by molar-refractivity contribution is 9.10. The van der Waals surface area contributed by atoms with Gasteiger partial charge in [-0.05, 0) is 46.6 Å². The quantitative estimate of drug-likeness (QED) is 0.845. The molecule has 1 heterocycles. The maximum atomic E-state index is 5.89. The Labute approximate surface area is 131 Å². The molecule has 0 aliphatic carbocycles. The number of hydrogen-bond donors (Lipinski definition) is 1. The summed E-state index contributed by atoms with van der Waals surface area (Å²) in [6.45, 7) is 2.58. The minimum Gasteiger partial charge on any atom is -0.476 e. The van der Waals surface area contributed by atoms with Gasteiger partial charge in [0, 0.05) is 11.1 Å². The Hall–Kier alpha value is -1.46. The van der Waals surface area contributed by atoms with Gasteiger partial charge in [0.15, 0.2) is 0 Å². The molecule has 2 aromatic rings. The van der Waals surface area contributed by atoms with Gasteiger partial charge < -0.3 is 15.2 Å². The highest BCUT2D eigenvalue weighted by atomic mass is 79.9. The van der Waals surface area contributed by atoms with Crippen molar-refractivity contribution in [2.24, 2.45) is 0 Å². The molecular weight excluding hydrogens is 344 g/mol. The Morgan fingerprint density at radius 3 is 2.80 bits per heavy atom. The first kappa shape index (κ1) is 14.9. The molecule has 106 valence electrons. The van der Waals surface area contributed by atoms with Crippen molar-refractivity contribution in [1.29, 1.82) is 0 Å². The van der Waals surface area contributed by atoms with Gasteiger partial charge in [-0.25, -0.2) is 0 Å². The van der Waals surface area contributed by atoms with Crippen molar-refractivity contribution in [3.63, 3.8) is 0 Å². The fourth-order valence-electron chi connectivity index (χ4n) is 1.48. The van der Waals surface area contributed by atoms with Gasteiger partial charge in [0.25, 0.3) is 0 Å². The molecule has 0 saturated carbocycles. The van der Waals surface area contributed by atoms with Gasteiger partial charge in [-0.2, -0.15) is 4.98 Å². The number of aromatic nitrogens is 1. The number of hydrogen-bond acceptors (Lipinski definition) is 4. The second kappa shape index (κ2) is 6.81. The Balaban J connectivity index is 2.20. The van der Waals surface area contributed by atoms with E-state index in [0.717, 1.165) is 10.9 Å². The molecule has 0 aliphatic rings. The number of benzene rings is 1. The number of nitrogens with two attached hydrogens (primary N) is 1. The molecule has 2 rings (SSSR count). The summed E-state index contributed by atoms with van der Waals surface area (Å²) in [5.74, 6) is 1.41. The lowest BCUT2D eigenvalue weighted by molar-refractivity contribution is 0.302. The predicted molar refractivity (Wildman–Crippen MR) is 83.7 cm³/mol. The lowest BCUT2D eigenvalue weighted by Crippen LogP contribution is -2.02. The summed E-state index contributed by atoms with van der Waals surface area (Å²) in [6.07, 6.45) is 0.884. The molecule has 1 aromatic carbocycles. The zero-order valence-corrected chi connectivity index (χ0v) is 13.2. The van der Waals surface area contributed by atoms with Crippen LogP contribution < -0.4 is 15.2 Å². The van der Waals surface area contributed by atoms with Crippen molar-refractivity contribution in [2.45, 2.75) is 13.3 Å². The Morgan fingerprint density at radius 2 is 2.10 bits per heavy atom. The zero-order chi connectivity index (χ0) is 14.5. The van der Waals surface area contributed by atoms with Gasteiger partial charge in [-0.15, -0.1) is 0 Å². The highest BCUT2D eigenvalue weighted by Crippen LogP contribution is 2.32. The molecule has 0 saturated heterocycles. The summed E-state index contributed by atoms with van der Waals surface area (Å²) >= 11 is 9.27. The standard InChI is InChI=1S/C14H14BrClN2O2/c1-2-7-19-14-11(17)4-6-13(18-14)20-12-5-3-9(16)8-10(12)15/h3-6,8H,2,7,17H2,1H3. The van der Waals surface area contributed by atoms with E-state index in [0.29, 0.717) is 34.8 Å². The van der Waals surface area contributed by atoms with Crippen molar-refractivity contribution in [2.75, 3.05) is 12.3 Å². The van der Waals surface area contributed by atoms with Gasteiger partial charge in [0.1, 0.15) is 5.75 Å². The first-order valence-corrected chi connectivity index (χ1v) is 7.29. The van der Waals surface area contributed by atoms with Crippen LogP contribution in [0.4, 0.5) is 5.69 Å². The lowest BCUT2D eigenvalue weighted by Gasteiger charge is -2.10. The molecule has 0 unspecified atom stereocenters. The van der Waals surface area contributed by atoms with Gasteiger partial charge >= 0.3 is 0 Å². The average molecular weight is 358 g/mol. The number of anilines is 1. The van der Waals surface area contributed by atoms with Crippen LogP contribution in [-0.4, -0.2) is 11.6 Å². The minimum atomic E-state index is 0.384. The molecule has 4 nitrogen and oxygen atoms in total. The molecular formula is C14H14BrClN2O2. The summed E-state index contributed by atoms with van der Waals surface area (Å²) in [7, 11) is 0. The minimum absolute atomic E-state index is 0.384. The molecule has 20 heavy (non-hydrogen) atoms. The number of halogens is 2. The summed E-state index contributed by atoms with van der Waals surface area (Å²) in [6, 6.07) is 8.65. The first-order chi connectivity index (χ1) is 9.60. The van der Waals surface area contributed by atoms with Crippen molar-refractivity contribution >= 4 is 33.2 Å². The zero-order valence-electron chi connectivity index (χ0n) is 10.9. The maximum Gasteiger partial charge on any atom is 0.240 e. The van der Waals surface area contributed by atoms with E-state index in [9.17, 15) is 0 Å². The van der Waals surface area contributed by atoms with E-state index in [1.54, 1.807) is 30.3 Å². The highest BCUT2D eigenvalue weighted by Gasteiger charge is 2.08. The number of pyridine rings is 1. The Morgan fingerprint density at radius 1 is 1.30 bits per heavy atom. The second-order valence-corrected chi connectivity index (χ2v) is 5.36. The number of nitrogens with zero attached hydrogens (tertiary/aromatic N) is 1. The fraction of sp³-hybridized carbons (Fsp3) is 0.214. The number of nitrogen functional groups attached to an aromatic ring is 1. The van der Waals surface area contributed by atoms with Crippen molar-refractivity contribution < 1.29 is 9.47 Å². The molecule has 6 heteroatoms. The van der Waals surface area contributed by atoms with E-state index in [-0.39, 0.29) is 0 Å². The largest absolute Gasteiger partial charge is 0.476 e. The van der Waals surface area contributed by atoms with Gasteiger partial charge in [-0.1, -0.05) is 18.5 Å². The maximum absolute atomic E-state index is 5.89. The average Bonchev–Trinajstić information content (AvgIpc) is 2.42. The smallest absolute Gasteiger partial charge is 0.240 e. The van der Waals surface area contributed by atoms with Crippen molar-refractivity contribution in [3.05, 3.63) is 39.8 Å². The van der Waals surface area contributed by atoms with Crippen LogP contribution >= 0.6 is 27.5 Å². The molecule has 0 atom stereocenters. The van der Waals surface area contributed by atoms with E-state index in [1.807, 2.05) is 6.92 Å². The van der Waals surface area contributed by atoms with E-state index >= 15 is 0 Å². The molecule has 0 fully saturated rings. The van der Waals surface area contributed by atoms with Crippen LogP contribution in [-0.2, 0) is 0 Å². The summed E-state index contributed by atoms with van der Waals surface area (Å²) < 4.78 is 11.9. The van der Waals surface area contributed by atoms with Crippen LogP contribution in [0, 0.1) is 0 Å². The summed E-state index contributed by atoms with van der Waals surface area (Å²) in [5.41, 5.74) is 6.29. The lowest BCUT2D eigenvalue weighted by atomic mass is 10.3. The van der Waals surface area contributed by atoms with Crippen molar-refractivity contribution in [3.8, 4) is 17.5 Å². The molecule has 1 aromatic heterocycles. The van der Waals surface area contributed by atoms with Crippen molar-refractivity contribution in [1.82, 2.24) is 4.98 Å². The Bertz CT molecular complexity index is 608. The molecule has 2 N–H and O–H groups in total. The molecule has 0 aliphatic heterocycles. The normalized spacial score (nSPS) is 10.3. The van der Waals surface area contributed by atoms with Gasteiger partial charge in [-0.3, -0.25) is 0 Å². The van der Waals surface area contributed by atoms with E-state index in [1.165, 1.54) is 0 Å². The monoisotopic (exact) mass is 356 g/mol. The topological polar surface area (TPSA) is 57.4 Å². The van der Waals surface area contributed by atoms with Crippen LogP contribution in [0.25, 0.3) is 0 Å². The number of rotatable bonds is 5. The van der Waals surface area contributed by atoms with Crippen LogP contribution in [0.5, 0.6) is 17.5 Å². The van der Waals surface area contributed by atoms with E-state index < -0.39 is 0 Å². The third-order valence-electron chi connectivity index (χ3n) is 2.42. The second-order valence-electron chi connectivity index (χ2n) is 4.07. The molecule has 0 radical (unpaired) electrons. The van der Waals surface area contributed by atoms with E-state index in [4.69, 9.17) is 26.8 Å². The molecule has 0 amide bonds. The summed E-state index contributed by atoms with van der Waals surface area (Å²) in [5, 5.41) is 0.626. The predicted octanol–water partition coefficient (Wildman–Crippen LogP) is 4.66. The third kappa shape index (κ3) is 3.77. The number of ether oxygens (including phenoxy) is 2. The van der Waals surface area contributed by atoms with Crippen LogP contribution in [0.1, 0.15) is 13.3 Å². The fourth-order valence-corrected chi connectivity index (χ4v) is 2.24. The van der Waals surface area contributed by atoms with Gasteiger partial charge in [0.2, 0.25) is 11.8 Å². The summed E-state index contributed by atoms with van der Waals surface area (Å²) in [4.78, 5) is 4.25. The third-order valence-corrected chi connectivity index (χ3v) is 3.27. The first-order valence-electron chi connectivity index (χ1n) is 6.12. The van der Waals surface area contributed by atoms with Crippen LogP contribution in [0.15, 0.2) is 34.8 Å². The van der Waals surface area contributed by atoms with Crippen LogP contribution in [0.3, 0.4) is 0 Å². The molecule has 0 bridgehead atoms. The molecule has 0 spiro atoms. The van der Waals surface area contributed by atoms with Gasteiger partial charge in [0.05, 0.1) is 16.8 Å². The van der Waals surface area contributed by atoms with E-state index in [2.05, 4.69) is 20.9 Å². The SMILES string of the molecule is CCCOc1nc(Oc2ccc(Cl)cc2Br)ccc1N.